The van der Waals surface area contributed by atoms with Crippen LogP contribution >= 0.6 is 0 Å². The molecule has 1 aliphatic heterocycles. The van der Waals surface area contributed by atoms with Gasteiger partial charge in [-0.05, 0) is 13.8 Å². The van der Waals surface area contributed by atoms with E-state index in [9.17, 15) is 0 Å². The van der Waals surface area contributed by atoms with Crippen molar-refractivity contribution >= 4 is 0 Å². The Morgan fingerprint density at radius 3 is 3.00 bits per heavy atom. The maximum absolute atomic E-state index is 5.25. The van der Waals surface area contributed by atoms with Crippen LogP contribution in [0.3, 0.4) is 0 Å². The normalized spacial score (nSPS) is 24.0. The van der Waals surface area contributed by atoms with Crippen LogP contribution in [0, 0.1) is 0 Å². The fourth-order valence-electron chi connectivity index (χ4n) is 1.06. The molecule has 1 heterocycles. The average Bonchev–Trinajstić information content (AvgIpc) is 2.20. The van der Waals surface area contributed by atoms with Crippen LogP contribution in [0.15, 0.2) is 24.6 Å². The zero-order valence-corrected chi connectivity index (χ0v) is 6.50. The molecule has 0 radical (unpaired) electrons. The van der Waals surface area contributed by atoms with E-state index in [4.69, 9.17) is 4.74 Å². The Morgan fingerprint density at radius 1 is 1.90 bits per heavy atom. The number of ether oxygens (including phenoxy) is 1. The van der Waals surface area contributed by atoms with Gasteiger partial charge in [-0.1, -0.05) is 6.08 Å². The van der Waals surface area contributed by atoms with Gasteiger partial charge in [0.1, 0.15) is 6.26 Å². The summed E-state index contributed by atoms with van der Waals surface area (Å²) in [7, 11) is 0. The molecule has 0 N–H and O–H groups in total. The topological polar surface area (TPSA) is 12.5 Å². The first-order valence-electron chi connectivity index (χ1n) is 3.45. The van der Waals surface area contributed by atoms with Crippen molar-refractivity contribution in [3.8, 4) is 0 Å². The molecule has 0 spiro atoms. The van der Waals surface area contributed by atoms with Gasteiger partial charge in [-0.25, -0.2) is 0 Å². The second kappa shape index (κ2) is 2.78. The third-order valence-electron chi connectivity index (χ3n) is 1.65. The largest absolute Gasteiger partial charge is 0.477 e. The molecule has 0 amide bonds. The molecular formula is C8H13NO. The van der Waals surface area contributed by atoms with Crippen LogP contribution in [0.25, 0.3) is 0 Å². The Kier molecular flexibility index (Phi) is 2.00. The third-order valence-corrected chi connectivity index (χ3v) is 1.65. The molecule has 0 aromatic heterocycles. The predicted octanol–water partition coefficient (Wildman–Crippen LogP) is 1.71. The Hall–Kier alpha value is -0.920. The summed E-state index contributed by atoms with van der Waals surface area (Å²) in [5, 5.41) is 0. The van der Waals surface area contributed by atoms with E-state index in [1.807, 2.05) is 19.9 Å². The Bertz CT molecular complexity index is 163. The van der Waals surface area contributed by atoms with Crippen molar-refractivity contribution in [2.45, 2.75) is 20.1 Å². The third kappa shape index (κ3) is 1.15. The van der Waals surface area contributed by atoms with Gasteiger partial charge in [0.05, 0.1) is 0 Å². The summed E-state index contributed by atoms with van der Waals surface area (Å²) in [6.07, 6.45) is 3.84. The summed E-state index contributed by atoms with van der Waals surface area (Å²) >= 11 is 0. The van der Waals surface area contributed by atoms with E-state index in [1.54, 1.807) is 6.26 Å². The highest BCUT2D eigenvalue weighted by atomic mass is 16.5. The smallest absolute Gasteiger partial charge is 0.168 e. The Labute approximate surface area is 61.8 Å². The van der Waals surface area contributed by atoms with Crippen molar-refractivity contribution in [1.82, 2.24) is 4.90 Å². The van der Waals surface area contributed by atoms with Crippen molar-refractivity contribution in [1.29, 1.82) is 0 Å². The van der Waals surface area contributed by atoms with Crippen molar-refractivity contribution in [2.24, 2.45) is 0 Å². The van der Waals surface area contributed by atoms with Crippen LogP contribution in [0.5, 0.6) is 0 Å². The second-order valence-electron chi connectivity index (χ2n) is 2.44. The van der Waals surface area contributed by atoms with Crippen LogP contribution < -0.4 is 0 Å². The molecule has 56 valence electrons. The minimum atomic E-state index is 0.179. The van der Waals surface area contributed by atoms with E-state index in [0.29, 0.717) is 0 Å². The number of nitrogens with zero attached hydrogens (tertiary/aromatic N) is 1. The van der Waals surface area contributed by atoms with E-state index in [-0.39, 0.29) is 6.23 Å². The lowest BCUT2D eigenvalue weighted by atomic mass is 10.4. The van der Waals surface area contributed by atoms with Gasteiger partial charge >= 0.3 is 0 Å². The summed E-state index contributed by atoms with van der Waals surface area (Å²) in [4.78, 5) is 2.15. The van der Waals surface area contributed by atoms with Crippen molar-refractivity contribution in [3.05, 3.63) is 24.6 Å². The quantitative estimate of drug-likeness (QED) is 0.540. The zero-order chi connectivity index (χ0) is 7.56. The van der Waals surface area contributed by atoms with E-state index in [1.165, 1.54) is 5.70 Å². The lowest BCUT2D eigenvalue weighted by Gasteiger charge is -2.21. The molecule has 1 atom stereocenters. The number of hydrogen-bond donors (Lipinski definition) is 0. The van der Waals surface area contributed by atoms with Gasteiger partial charge in [0, 0.05) is 12.2 Å². The fourth-order valence-corrected chi connectivity index (χ4v) is 1.06. The molecule has 0 bridgehead atoms. The standard InChI is InChI=1S/C8H13NO/c1-4-5-9-7(2)6-10-8(9)3/h4,6,8H,1,5H2,2-3H3. The van der Waals surface area contributed by atoms with E-state index < -0.39 is 0 Å². The van der Waals surface area contributed by atoms with Gasteiger partial charge in [-0.3, -0.25) is 0 Å². The van der Waals surface area contributed by atoms with Crippen molar-refractivity contribution in [2.75, 3.05) is 6.54 Å². The van der Waals surface area contributed by atoms with Gasteiger partial charge in [-0.15, -0.1) is 6.58 Å². The lowest BCUT2D eigenvalue weighted by molar-refractivity contribution is 0.0778. The molecule has 0 aliphatic carbocycles. The van der Waals surface area contributed by atoms with Gasteiger partial charge in [-0.2, -0.15) is 0 Å². The van der Waals surface area contributed by atoms with Gasteiger partial charge < -0.3 is 9.64 Å². The fraction of sp³-hybridized carbons (Fsp3) is 0.500. The highest BCUT2D eigenvalue weighted by molar-refractivity contribution is 5.00. The molecule has 10 heavy (non-hydrogen) atoms. The summed E-state index contributed by atoms with van der Waals surface area (Å²) in [5.41, 5.74) is 1.17. The average molecular weight is 139 g/mol. The number of allylic oxidation sites excluding steroid dienone is 1. The van der Waals surface area contributed by atoms with E-state index in [2.05, 4.69) is 11.5 Å². The Morgan fingerprint density at radius 2 is 2.60 bits per heavy atom. The molecular weight excluding hydrogens is 126 g/mol. The monoisotopic (exact) mass is 139 g/mol. The first kappa shape index (κ1) is 7.19. The van der Waals surface area contributed by atoms with Crippen molar-refractivity contribution in [3.63, 3.8) is 0 Å². The molecule has 0 aromatic rings. The highest BCUT2D eigenvalue weighted by Crippen LogP contribution is 2.17. The summed E-state index contributed by atoms with van der Waals surface area (Å²) in [5.74, 6) is 0. The van der Waals surface area contributed by atoms with Crippen LogP contribution in [0.2, 0.25) is 0 Å². The van der Waals surface area contributed by atoms with E-state index in [0.717, 1.165) is 6.54 Å². The molecule has 1 rings (SSSR count). The summed E-state index contributed by atoms with van der Waals surface area (Å²) < 4.78 is 5.25. The minimum absolute atomic E-state index is 0.179. The molecule has 1 unspecified atom stereocenters. The molecule has 0 fully saturated rings. The Balaban J connectivity index is 2.55. The van der Waals surface area contributed by atoms with Crippen LogP contribution in [-0.2, 0) is 4.74 Å². The molecule has 0 aromatic carbocycles. The molecule has 1 aliphatic rings. The first-order chi connectivity index (χ1) is 4.75. The molecule has 2 heteroatoms. The number of hydrogen-bond acceptors (Lipinski definition) is 2. The van der Waals surface area contributed by atoms with Gasteiger partial charge in [0.2, 0.25) is 0 Å². The minimum Gasteiger partial charge on any atom is -0.477 e. The first-order valence-corrected chi connectivity index (χ1v) is 3.45. The SMILES string of the molecule is C=CCN1C(C)=COC1C. The van der Waals surface area contributed by atoms with Crippen LogP contribution in [-0.4, -0.2) is 17.7 Å². The van der Waals surface area contributed by atoms with E-state index >= 15 is 0 Å². The molecule has 0 saturated carbocycles. The van der Waals surface area contributed by atoms with Crippen LogP contribution in [0.1, 0.15) is 13.8 Å². The lowest BCUT2D eigenvalue weighted by Crippen LogP contribution is -2.27. The summed E-state index contributed by atoms with van der Waals surface area (Å²) in [6.45, 7) is 8.59. The maximum Gasteiger partial charge on any atom is 0.168 e. The maximum atomic E-state index is 5.25. The van der Waals surface area contributed by atoms with Gasteiger partial charge in [0.25, 0.3) is 0 Å². The van der Waals surface area contributed by atoms with Crippen molar-refractivity contribution < 1.29 is 4.74 Å². The van der Waals surface area contributed by atoms with Crippen LogP contribution in [0.4, 0.5) is 0 Å². The number of rotatable bonds is 2. The summed E-state index contributed by atoms with van der Waals surface area (Å²) in [6, 6.07) is 0. The molecule has 0 saturated heterocycles. The predicted molar refractivity (Wildman–Crippen MR) is 41.2 cm³/mol. The zero-order valence-electron chi connectivity index (χ0n) is 6.50. The molecule has 2 nitrogen and oxygen atoms in total. The highest BCUT2D eigenvalue weighted by Gasteiger charge is 2.18. The second-order valence-corrected chi connectivity index (χ2v) is 2.44. The van der Waals surface area contributed by atoms with Gasteiger partial charge in [0.15, 0.2) is 6.23 Å².